The van der Waals surface area contributed by atoms with Crippen LogP contribution in [0.1, 0.15) is 58.3 Å². The molecule has 0 radical (unpaired) electrons. The Morgan fingerprint density at radius 1 is 0.950 bits per heavy atom. The first-order valence-corrected chi connectivity index (χ1v) is 8.12. The van der Waals surface area contributed by atoms with Gasteiger partial charge in [-0.3, -0.25) is 9.59 Å². The molecule has 3 saturated carbocycles. The Hall–Kier alpha value is -0.990. The van der Waals surface area contributed by atoms with Crippen molar-refractivity contribution in [2.24, 2.45) is 29.6 Å². The van der Waals surface area contributed by atoms with Crippen molar-refractivity contribution in [3.63, 3.8) is 0 Å². The van der Waals surface area contributed by atoms with E-state index in [9.17, 15) is 14.4 Å². The van der Waals surface area contributed by atoms with Crippen molar-refractivity contribution in [2.75, 3.05) is 0 Å². The lowest BCUT2D eigenvalue weighted by Gasteiger charge is -2.46. The molecule has 0 saturated heterocycles. The van der Waals surface area contributed by atoms with Gasteiger partial charge in [0.05, 0.1) is 0 Å². The zero-order valence-corrected chi connectivity index (χ0v) is 12.3. The molecule has 3 rings (SSSR count). The van der Waals surface area contributed by atoms with Crippen LogP contribution < -0.4 is 0 Å². The summed E-state index contributed by atoms with van der Waals surface area (Å²) in [4.78, 5) is 35.4. The van der Waals surface area contributed by atoms with Gasteiger partial charge in [-0.15, -0.1) is 0 Å². The first-order valence-electron chi connectivity index (χ1n) is 8.12. The average molecular weight is 276 g/mol. The van der Waals surface area contributed by atoms with E-state index in [1.165, 1.54) is 0 Å². The Morgan fingerprint density at radius 2 is 1.65 bits per heavy atom. The van der Waals surface area contributed by atoms with Gasteiger partial charge in [-0.25, -0.2) is 0 Å². The maximum Gasteiger partial charge on any atom is 0.136 e. The van der Waals surface area contributed by atoms with Crippen LogP contribution in [-0.2, 0) is 14.4 Å². The van der Waals surface area contributed by atoms with E-state index < -0.39 is 0 Å². The van der Waals surface area contributed by atoms with Crippen molar-refractivity contribution < 1.29 is 14.4 Å². The van der Waals surface area contributed by atoms with Gasteiger partial charge in [-0.05, 0) is 56.8 Å². The van der Waals surface area contributed by atoms with Gasteiger partial charge < -0.3 is 4.79 Å². The van der Waals surface area contributed by atoms with Gasteiger partial charge in [0.2, 0.25) is 0 Å². The van der Waals surface area contributed by atoms with Crippen molar-refractivity contribution >= 4 is 17.3 Å². The lowest BCUT2D eigenvalue weighted by atomic mass is 9.58. The summed E-state index contributed by atoms with van der Waals surface area (Å²) in [6.45, 7) is 1.61. The quantitative estimate of drug-likeness (QED) is 0.796. The molecular weight excluding hydrogens is 252 g/mol. The van der Waals surface area contributed by atoms with Gasteiger partial charge in [-0.2, -0.15) is 0 Å². The fraction of sp³-hybridized carbons (Fsp3) is 0.824. The van der Waals surface area contributed by atoms with Crippen molar-refractivity contribution in [1.82, 2.24) is 0 Å². The van der Waals surface area contributed by atoms with Crippen LogP contribution in [0.5, 0.6) is 0 Å². The molecule has 5 atom stereocenters. The molecule has 0 heterocycles. The van der Waals surface area contributed by atoms with Gasteiger partial charge in [0.25, 0.3) is 0 Å². The van der Waals surface area contributed by atoms with E-state index in [2.05, 4.69) is 0 Å². The molecule has 110 valence electrons. The van der Waals surface area contributed by atoms with E-state index in [1.54, 1.807) is 6.92 Å². The topological polar surface area (TPSA) is 51.2 Å². The summed E-state index contributed by atoms with van der Waals surface area (Å²) in [5.74, 6) is 2.95. The van der Waals surface area contributed by atoms with Crippen LogP contribution in [0.2, 0.25) is 0 Å². The Balaban J connectivity index is 1.75. The largest absolute Gasteiger partial charge is 0.300 e. The van der Waals surface area contributed by atoms with Gasteiger partial charge in [0, 0.05) is 31.1 Å². The normalized spacial score (nSPS) is 40.4. The average Bonchev–Trinajstić information content (AvgIpc) is 2.79. The molecule has 0 aliphatic heterocycles. The van der Waals surface area contributed by atoms with Gasteiger partial charge >= 0.3 is 0 Å². The number of hydrogen-bond donors (Lipinski definition) is 0. The summed E-state index contributed by atoms with van der Waals surface area (Å²) in [6, 6.07) is 0. The van der Waals surface area contributed by atoms with Crippen molar-refractivity contribution in [3.8, 4) is 0 Å². The highest BCUT2D eigenvalue weighted by Gasteiger charge is 2.50. The Labute approximate surface area is 120 Å². The fourth-order valence-electron chi connectivity index (χ4n) is 5.12. The second-order valence-corrected chi connectivity index (χ2v) is 7.03. The highest BCUT2D eigenvalue weighted by Crippen LogP contribution is 2.53. The van der Waals surface area contributed by atoms with Crippen LogP contribution in [0.15, 0.2) is 0 Å². The molecule has 0 bridgehead atoms. The molecule has 0 aromatic heterocycles. The number of carbonyl (C=O) groups is 3. The minimum absolute atomic E-state index is 0.0919. The maximum atomic E-state index is 12.2. The number of rotatable bonds is 3. The third-order valence-corrected chi connectivity index (χ3v) is 6.03. The van der Waals surface area contributed by atoms with E-state index in [1.807, 2.05) is 0 Å². The third-order valence-electron chi connectivity index (χ3n) is 6.03. The van der Waals surface area contributed by atoms with E-state index in [-0.39, 0.29) is 17.6 Å². The minimum Gasteiger partial charge on any atom is -0.300 e. The third kappa shape index (κ3) is 2.36. The fourth-order valence-corrected chi connectivity index (χ4v) is 5.12. The molecule has 0 aromatic rings. The molecule has 0 spiro atoms. The number of ketones is 3. The van der Waals surface area contributed by atoms with Crippen LogP contribution in [0.4, 0.5) is 0 Å². The smallest absolute Gasteiger partial charge is 0.136 e. The predicted octanol–water partition coefficient (Wildman–Crippen LogP) is 2.96. The Morgan fingerprint density at radius 3 is 2.40 bits per heavy atom. The highest BCUT2D eigenvalue weighted by atomic mass is 16.1. The van der Waals surface area contributed by atoms with Crippen molar-refractivity contribution in [3.05, 3.63) is 0 Å². The summed E-state index contributed by atoms with van der Waals surface area (Å²) < 4.78 is 0. The van der Waals surface area contributed by atoms with E-state index in [0.717, 1.165) is 38.5 Å². The molecular formula is C17H24O3. The van der Waals surface area contributed by atoms with E-state index >= 15 is 0 Å². The molecule has 3 nitrogen and oxygen atoms in total. The molecule has 0 N–H and O–H groups in total. The lowest BCUT2D eigenvalue weighted by Crippen LogP contribution is -2.43. The van der Waals surface area contributed by atoms with E-state index in [4.69, 9.17) is 0 Å². The number of carbonyl (C=O) groups excluding carboxylic acids is 3. The Kier molecular flexibility index (Phi) is 3.78. The van der Waals surface area contributed by atoms with Crippen LogP contribution in [0.25, 0.3) is 0 Å². The van der Waals surface area contributed by atoms with Crippen molar-refractivity contribution in [1.29, 1.82) is 0 Å². The number of hydrogen-bond acceptors (Lipinski definition) is 3. The van der Waals surface area contributed by atoms with Gasteiger partial charge in [0.15, 0.2) is 0 Å². The van der Waals surface area contributed by atoms with Gasteiger partial charge in [0.1, 0.15) is 17.3 Å². The summed E-state index contributed by atoms with van der Waals surface area (Å²) in [7, 11) is 0. The molecule has 20 heavy (non-hydrogen) atoms. The van der Waals surface area contributed by atoms with Crippen LogP contribution in [0, 0.1) is 29.6 Å². The maximum absolute atomic E-state index is 12.2. The standard InChI is InChI=1S/C17H24O3/c1-10(18)2-3-14-12-4-5-15-13(7-9-17(15)20)11(12)6-8-16(14)19/h11-15H,2-9H2,1H3/t11-,12+,13+,14?,15+/m1/s1. The van der Waals surface area contributed by atoms with Crippen LogP contribution in [-0.4, -0.2) is 17.3 Å². The zero-order valence-electron chi connectivity index (χ0n) is 12.3. The number of fused-ring (bicyclic) bond motifs is 3. The lowest BCUT2D eigenvalue weighted by molar-refractivity contribution is -0.133. The first kappa shape index (κ1) is 14.0. The number of Topliss-reactive ketones (excluding diaryl/α,β-unsaturated/α-hetero) is 3. The second kappa shape index (κ2) is 5.42. The molecule has 1 unspecified atom stereocenters. The SMILES string of the molecule is CC(=O)CCC1C(=O)CC[C@H]2[C@@H]3CCC(=O)[C@H]3CC[C@H]12. The molecule has 3 aliphatic rings. The summed E-state index contributed by atoms with van der Waals surface area (Å²) in [5.41, 5.74) is 0. The van der Waals surface area contributed by atoms with Crippen LogP contribution in [0.3, 0.4) is 0 Å². The first-order chi connectivity index (χ1) is 9.58. The molecule has 3 aliphatic carbocycles. The molecule has 3 fully saturated rings. The summed E-state index contributed by atoms with van der Waals surface area (Å²) >= 11 is 0. The monoisotopic (exact) mass is 276 g/mol. The zero-order chi connectivity index (χ0) is 14.3. The predicted molar refractivity (Wildman–Crippen MR) is 75.1 cm³/mol. The molecule has 0 amide bonds. The van der Waals surface area contributed by atoms with E-state index in [0.29, 0.717) is 42.2 Å². The molecule has 3 heteroatoms. The van der Waals surface area contributed by atoms with Crippen LogP contribution >= 0.6 is 0 Å². The highest BCUT2D eigenvalue weighted by molar-refractivity contribution is 5.85. The summed E-state index contributed by atoms with van der Waals surface area (Å²) in [6.07, 6.45) is 6.71. The Bertz CT molecular complexity index is 440. The minimum atomic E-state index is 0.0919. The summed E-state index contributed by atoms with van der Waals surface area (Å²) in [5, 5.41) is 0. The molecule has 0 aromatic carbocycles. The van der Waals surface area contributed by atoms with Crippen molar-refractivity contribution in [2.45, 2.75) is 58.3 Å². The second-order valence-electron chi connectivity index (χ2n) is 7.03. The van der Waals surface area contributed by atoms with Gasteiger partial charge in [-0.1, -0.05) is 0 Å².